The zero-order valence-electron chi connectivity index (χ0n) is 19.8. The molecule has 1 aliphatic rings. The van der Waals surface area contributed by atoms with Crippen molar-refractivity contribution in [2.45, 2.75) is 39.1 Å². The Hall–Kier alpha value is -3.59. The quantitative estimate of drug-likeness (QED) is 0.592. The number of carbonyl (C=O) groups excluding carboxylic acids is 3. The van der Waals surface area contributed by atoms with E-state index in [4.69, 9.17) is 18.9 Å². The first-order chi connectivity index (χ1) is 16.2. The number of rotatable bonds is 8. The van der Waals surface area contributed by atoms with E-state index in [1.54, 1.807) is 55.3 Å². The van der Waals surface area contributed by atoms with Crippen molar-refractivity contribution >= 4 is 23.5 Å². The van der Waals surface area contributed by atoms with Crippen LogP contribution in [-0.2, 0) is 19.1 Å². The molecule has 1 saturated heterocycles. The van der Waals surface area contributed by atoms with Crippen LogP contribution in [0.5, 0.6) is 11.5 Å². The molecule has 0 spiro atoms. The summed E-state index contributed by atoms with van der Waals surface area (Å²) in [7, 11) is 1.55. The molecule has 2 aromatic carbocycles. The molecule has 2 amide bonds. The Morgan fingerprint density at radius 2 is 1.74 bits per heavy atom. The first kappa shape index (κ1) is 25.0. The lowest BCUT2D eigenvalue weighted by atomic mass is 10.2. The van der Waals surface area contributed by atoms with Gasteiger partial charge < -0.3 is 29.2 Å². The molecule has 0 bridgehead atoms. The lowest BCUT2D eigenvalue weighted by Gasteiger charge is -2.36. The molecular weight excluding hydrogens is 440 g/mol. The molecule has 3 unspecified atom stereocenters. The number of benzene rings is 2. The Kier molecular flexibility index (Phi) is 8.48. The summed E-state index contributed by atoms with van der Waals surface area (Å²) in [6.45, 7) is 6.08. The van der Waals surface area contributed by atoms with Crippen LogP contribution in [0, 0.1) is 0 Å². The highest BCUT2D eigenvalue weighted by Gasteiger charge is 2.30. The standard InChI is InChI=1S/C25H30N2O7/c1-16-13-27(14-17(2)33-16)24(29)18(3)34-25(30)19-8-10-21(11-9-19)32-15-23(28)26-20-6-5-7-22(12-20)31-4/h5-12,16-18H,13-15H2,1-4H3,(H,26,28). The minimum absolute atomic E-state index is 0.0688. The molecular formula is C25H30N2O7. The maximum absolute atomic E-state index is 12.7. The monoisotopic (exact) mass is 470 g/mol. The number of amides is 2. The van der Waals surface area contributed by atoms with Gasteiger partial charge in [-0.1, -0.05) is 6.07 Å². The number of hydrogen-bond donors (Lipinski definition) is 1. The summed E-state index contributed by atoms with van der Waals surface area (Å²) in [5.74, 6) is -0.158. The number of esters is 1. The number of morpholine rings is 1. The maximum Gasteiger partial charge on any atom is 0.338 e. The minimum atomic E-state index is -0.916. The predicted octanol–water partition coefficient (Wildman–Crippen LogP) is 2.89. The van der Waals surface area contributed by atoms with Crippen molar-refractivity contribution in [1.29, 1.82) is 0 Å². The third-order valence-electron chi connectivity index (χ3n) is 5.18. The minimum Gasteiger partial charge on any atom is -0.497 e. The van der Waals surface area contributed by atoms with E-state index >= 15 is 0 Å². The SMILES string of the molecule is COc1cccc(NC(=O)COc2ccc(C(=O)OC(C)C(=O)N3CC(C)OC(C)C3)cc2)c1. The second kappa shape index (κ2) is 11.5. The number of carbonyl (C=O) groups is 3. The molecule has 1 aliphatic heterocycles. The van der Waals surface area contributed by atoms with Crippen molar-refractivity contribution in [2.24, 2.45) is 0 Å². The number of nitrogens with zero attached hydrogens (tertiary/aromatic N) is 1. The van der Waals surface area contributed by atoms with Gasteiger partial charge in [-0.3, -0.25) is 9.59 Å². The molecule has 3 rings (SSSR count). The van der Waals surface area contributed by atoms with Crippen LogP contribution in [0.3, 0.4) is 0 Å². The van der Waals surface area contributed by atoms with Crippen LogP contribution < -0.4 is 14.8 Å². The van der Waals surface area contributed by atoms with E-state index < -0.39 is 12.1 Å². The fourth-order valence-corrected chi connectivity index (χ4v) is 3.63. The fraction of sp³-hybridized carbons (Fsp3) is 0.400. The van der Waals surface area contributed by atoms with Gasteiger partial charge in [-0.25, -0.2) is 4.79 Å². The highest BCUT2D eigenvalue weighted by molar-refractivity contribution is 5.93. The zero-order valence-corrected chi connectivity index (χ0v) is 19.8. The van der Waals surface area contributed by atoms with Gasteiger partial charge in [0.1, 0.15) is 11.5 Å². The molecule has 1 fully saturated rings. The summed E-state index contributed by atoms with van der Waals surface area (Å²) in [6, 6.07) is 13.2. The van der Waals surface area contributed by atoms with Crippen molar-refractivity contribution in [3.05, 3.63) is 54.1 Å². The molecule has 9 heteroatoms. The summed E-state index contributed by atoms with van der Waals surface area (Å²) >= 11 is 0. The lowest BCUT2D eigenvalue weighted by Crippen LogP contribution is -2.51. The first-order valence-electron chi connectivity index (χ1n) is 11.1. The van der Waals surface area contributed by atoms with Crippen molar-refractivity contribution in [3.63, 3.8) is 0 Å². The van der Waals surface area contributed by atoms with Gasteiger partial charge >= 0.3 is 5.97 Å². The average Bonchev–Trinajstić information content (AvgIpc) is 2.82. The molecule has 0 aliphatic carbocycles. The Balaban J connectivity index is 1.48. The van der Waals surface area contributed by atoms with Crippen LogP contribution in [-0.4, -0.2) is 67.8 Å². The fourth-order valence-electron chi connectivity index (χ4n) is 3.63. The Morgan fingerprint density at radius 3 is 2.38 bits per heavy atom. The van der Waals surface area contributed by atoms with Crippen LogP contribution in [0.4, 0.5) is 5.69 Å². The van der Waals surface area contributed by atoms with E-state index in [-0.39, 0.29) is 36.2 Å². The van der Waals surface area contributed by atoms with E-state index in [1.165, 1.54) is 12.1 Å². The van der Waals surface area contributed by atoms with Gasteiger partial charge in [0.25, 0.3) is 11.8 Å². The zero-order chi connectivity index (χ0) is 24.7. The number of nitrogens with one attached hydrogen (secondary N) is 1. The molecule has 0 radical (unpaired) electrons. The van der Waals surface area contributed by atoms with Gasteiger partial charge in [0.05, 0.1) is 24.9 Å². The predicted molar refractivity (Wildman–Crippen MR) is 125 cm³/mol. The van der Waals surface area contributed by atoms with Crippen LogP contribution >= 0.6 is 0 Å². The normalized spacial score (nSPS) is 18.5. The van der Waals surface area contributed by atoms with Gasteiger partial charge in [-0.05, 0) is 57.2 Å². The van der Waals surface area contributed by atoms with Gasteiger partial charge in [-0.15, -0.1) is 0 Å². The van der Waals surface area contributed by atoms with E-state index in [2.05, 4.69) is 5.32 Å². The van der Waals surface area contributed by atoms with E-state index in [0.29, 0.717) is 30.3 Å². The Morgan fingerprint density at radius 1 is 1.06 bits per heavy atom. The van der Waals surface area contributed by atoms with E-state index in [0.717, 1.165) is 0 Å². The van der Waals surface area contributed by atoms with Gasteiger partial charge in [0.2, 0.25) is 0 Å². The first-order valence-corrected chi connectivity index (χ1v) is 11.1. The Bertz CT molecular complexity index is 999. The van der Waals surface area contributed by atoms with E-state index in [1.807, 2.05) is 13.8 Å². The van der Waals surface area contributed by atoms with Crippen LogP contribution in [0.1, 0.15) is 31.1 Å². The maximum atomic E-state index is 12.7. The van der Waals surface area contributed by atoms with Gasteiger partial charge in [-0.2, -0.15) is 0 Å². The summed E-state index contributed by atoms with van der Waals surface area (Å²) in [6.07, 6.45) is -1.05. The molecule has 0 saturated carbocycles. The summed E-state index contributed by atoms with van der Waals surface area (Å²) in [4.78, 5) is 38.9. The molecule has 3 atom stereocenters. The Labute approximate surface area is 198 Å². The smallest absolute Gasteiger partial charge is 0.338 e. The largest absolute Gasteiger partial charge is 0.497 e. The molecule has 182 valence electrons. The molecule has 1 N–H and O–H groups in total. The molecule has 34 heavy (non-hydrogen) atoms. The molecule has 1 heterocycles. The van der Waals surface area contributed by atoms with Crippen LogP contribution in [0.15, 0.2) is 48.5 Å². The lowest BCUT2D eigenvalue weighted by molar-refractivity contribution is -0.151. The topological polar surface area (TPSA) is 103 Å². The van der Waals surface area contributed by atoms with Crippen molar-refractivity contribution in [2.75, 3.05) is 32.1 Å². The van der Waals surface area contributed by atoms with Crippen LogP contribution in [0.25, 0.3) is 0 Å². The number of hydrogen-bond acceptors (Lipinski definition) is 7. The van der Waals surface area contributed by atoms with Gasteiger partial charge in [0.15, 0.2) is 12.7 Å². The van der Waals surface area contributed by atoms with E-state index in [9.17, 15) is 14.4 Å². The second-order valence-corrected chi connectivity index (χ2v) is 8.14. The number of anilines is 1. The average molecular weight is 471 g/mol. The third-order valence-corrected chi connectivity index (χ3v) is 5.18. The number of methoxy groups -OCH3 is 1. The molecule has 2 aromatic rings. The van der Waals surface area contributed by atoms with Crippen molar-refractivity contribution < 1.29 is 33.3 Å². The summed E-state index contributed by atoms with van der Waals surface area (Å²) in [5, 5.41) is 2.72. The van der Waals surface area contributed by atoms with Crippen molar-refractivity contribution in [3.8, 4) is 11.5 Å². The van der Waals surface area contributed by atoms with Crippen molar-refractivity contribution in [1.82, 2.24) is 4.90 Å². The van der Waals surface area contributed by atoms with Gasteiger partial charge in [0, 0.05) is 24.8 Å². The highest BCUT2D eigenvalue weighted by atomic mass is 16.5. The number of ether oxygens (including phenoxy) is 4. The second-order valence-electron chi connectivity index (χ2n) is 8.14. The molecule has 9 nitrogen and oxygen atoms in total. The summed E-state index contributed by atoms with van der Waals surface area (Å²) < 4.78 is 21.6. The van der Waals surface area contributed by atoms with Crippen LogP contribution in [0.2, 0.25) is 0 Å². The third kappa shape index (κ3) is 6.95. The summed E-state index contributed by atoms with van der Waals surface area (Å²) in [5.41, 5.74) is 0.868. The highest BCUT2D eigenvalue weighted by Crippen LogP contribution is 2.18. The molecule has 0 aromatic heterocycles.